The van der Waals surface area contributed by atoms with Crippen molar-refractivity contribution in [2.45, 2.75) is 6.42 Å². The first kappa shape index (κ1) is 13.7. The van der Waals surface area contributed by atoms with Crippen molar-refractivity contribution < 1.29 is 19.4 Å². The number of amides is 1. The van der Waals surface area contributed by atoms with Gasteiger partial charge in [0, 0.05) is 11.8 Å². The first-order valence-electron chi connectivity index (χ1n) is 6.96. The number of methoxy groups -OCH3 is 1. The van der Waals surface area contributed by atoms with Crippen LogP contribution in [-0.4, -0.2) is 24.1 Å². The van der Waals surface area contributed by atoms with E-state index in [1.54, 1.807) is 31.4 Å². The second-order valence-electron chi connectivity index (χ2n) is 5.56. The molecule has 1 aromatic carbocycles. The zero-order valence-corrected chi connectivity index (χ0v) is 11.7. The maximum Gasteiger partial charge on any atom is 0.307 e. The van der Waals surface area contributed by atoms with Crippen molar-refractivity contribution >= 4 is 17.6 Å². The first-order valence-corrected chi connectivity index (χ1v) is 6.96. The van der Waals surface area contributed by atoms with E-state index < -0.39 is 17.8 Å². The van der Waals surface area contributed by atoms with Gasteiger partial charge in [0.1, 0.15) is 5.75 Å². The molecule has 2 aliphatic rings. The molecule has 1 fully saturated rings. The van der Waals surface area contributed by atoms with E-state index in [-0.39, 0.29) is 17.7 Å². The lowest BCUT2D eigenvalue weighted by Crippen LogP contribution is -2.36. The molecule has 5 heteroatoms. The summed E-state index contributed by atoms with van der Waals surface area (Å²) in [7, 11) is 1.56. The third-order valence-electron chi connectivity index (χ3n) is 4.38. The van der Waals surface area contributed by atoms with Gasteiger partial charge in [0.2, 0.25) is 5.91 Å². The number of allylic oxidation sites excluding steroid dienone is 2. The normalized spacial score (nSPS) is 29.4. The van der Waals surface area contributed by atoms with E-state index in [4.69, 9.17) is 4.74 Å². The highest BCUT2D eigenvalue weighted by Gasteiger charge is 2.51. The molecule has 4 atom stereocenters. The smallest absolute Gasteiger partial charge is 0.307 e. The molecule has 1 amide bonds. The Morgan fingerprint density at radius 1 is 1.24 bits per heavy atom. The summed E-state index contributed by atoms with van der Waals surface area (Å²) in [5.41, 5.74) is 0.621. The highest BCUT2D eigenvalue weighted by Crippen LogP contribution is 2.48. The Kier molecular flexibility index (Phi) is 3.41. The number of carboxylic acids is 1. The topological polar surface area (TPSA) is 75.6 Å². The van der Waals surface area contributed by atoms with Gasteiger partial charge in [0.15, 0.2) is 0 Å². The quantitative estimate of drug-likeness (QED) is 0.832. The van der Waals surface area contributed by atoms with Crippen LogP contribution in [0.15, 0.2) is 36.4 Å². The number of hydrogen-bond donors (Lipinski definition) is 2. The molecular formula is C16H17NO4. The fourth-order valence-corrected chi connectivity index (χ4v) is 3.44. The molecule has 0 aliphatic heterocycles. The summed E-state index contributed by atoms with van der Waals surface area (Å²) in [4.78, 5) is 23.9. The fraction of sp³-hybridized carbons (Fsp3) is 0.375. The molecule has 0 saturated heterocycles. The van der Waals surface area contributed by atoms with E-state index in [0.29, 0.717) is 11.4 Å². The lowest BCUT2D eigenvalue weighted by Gasteiger charge is -2.23. The minimum atomic E-state index is -0.891. The SMILES string of the molecule is COc1cccc(NC(=O)[C@H]2[C@@H](C(=O)O)[C@H]3C=C[C@H]2C3)c1. The molecule has 0 unspecified atom stereocenters. The van der Waals surface area contributed by atoms with Gasteiger partial charge in [-0.2, -0.15) is 0 Å². The number of nitrogens with one attached hydrogen (secondary N) is 1. The highest BCUT2D eigenvalue weighted by molar-refractivity contribution is 5.96. The number of hydrogen-bond acceptors (Lipinski definition) is 3. The molecular weight excluding hydrogens is 270 g/mol. The van der Waals surface area contributed by atoms with Gasteiger partial charge in [-0.3, -0.25) is 9.59 Å². The van der Waals surface area contributed by atoms with Gasteiger partial charge in [-0.05, 0) is 30.4 Å². The van der Waals surface area contributed by atoms with Crippen LogP contribution >= 0.6 is 0 Å². The van der Waals surface area contributed by atoms with Gasteiger partial charge < -0.3 is 15.2 Å². The van der Waals surface area contributed by atoms with Crippen LogP contribution in [0.4, 0.5) is 5.69 Å². The van der Waals surface area contributed by atoms with E-state index in [9.17, 15) is 14.7 Å². The van der Waals surface area contributed by atoms with Gasteiger partial charge in [0.25, 0.3) is 0 Å². The van der Waals surface area contributed by atoms with E-state index in [0.717, 1.165) is 6.42 Å². The zero-order valence-electron chi connectivity index (χ0n) is 11.7. The molecule has 2 aliphatic carbocycles. The van der Waals surface area contributed by atoms with Crippen LogP contribution in [0.3, 0.4) is 0 Å². The molecule has 0 spiro atoms. The molecule has 110 valence electrons. The summed E-state index contributed by atoms with van der Waals surface area (Å²) in [6.07, 6.45) is 4.66. The number of anilines is 1. The van der Waals surface area contributed by atoms with Crippen molar-refractivity contribution in [1.29, 1.82) is 0 Å². The molecule has 0 radical (unpaired) electrons. The number of carbonyl (C=O) groups is 2. The van der Waals surface area contributed by atoms with E-state index in [1.165, 1.54) is 0 Å². The lowest BCUT2D eigenvalue weighted by atomic mass is 9.82. The van der Waals surface area contributed by atoms with Crippen molar-refractivity contribution in [3.8, 4) is 5.75 Å². The molecule has 1 aromatic rings. The largest absolute Gasteiger partial charge is 0.497 e. The summed E-state index contributed by atoms with van der Waals surface area (Å²) >= 11 is 0. The standard InChI is InChI=1S/C16H17NO4/c1-21-12-4-2-3-11(8-12)17-15(18)13-9-5-6-10(7-9)14(13)16(19)20/h2-6,8-10,13-14H,7H2,1H3,(H,17,18)(H,19,20)/t9-,10-,13+,14-/m0/s1. The number of carbonyl (C=O) groups excluding carboxylic acids is 1. The molecule has 21 heavy (non-hydrogen) atoms. The predicted molar refractivity (Wildman–Crippen MR) is 77.0 cm³/mol. The number of carboxylic acid groups (broad SMARTS) is 1. The molecule has 0 heterocycles. The Hall–Kier alpha value is -2.30. The van der Waals surface area contributed by atoms with Crippen LogP contribution in [0.25, 0.3) is 0 Å². The summed E-state index contributed by atoms with van der Waals surface area (Å²) in [6, 6.07) is 7.05. The number of ether oxygens (including phenoxy) is 1. The average molecular weight is 287 g/mol. The summed E-state index contributed by atoms with van der Waals surface area (Å²) in [5, 5.41) is 12.2. The van der Waals surface area contributed by atoms with Crippen molar-refractivity contribution in [3.63, 3.8) is 0 Å². The molecule has 2 bridgehead atoms. The minimum Gasteiger partial charge on any atom is -0.497 e. The monoisotopic (exact) mass is 287 g/mol. The van der Waals surface area contributed by atoms with Crippen molar-refractivity contribution in [2.24, 2.45) is 23.7 Å². The van der Waals surface area contributed by atoms with Crippen LogP contribution in [0.2, 0.25) is 0 Å². The maximum absolute atomic E-state index is 12.5. The van der Waals surface area contributed by atoms with Crippen LogP contribution in [-0.2, 0) is 9.59 Å². The minimum absolute atomic E-state index is 0.0199. The molecule has 5 nitrogen and oxygen atoms in total. The van der Waals surface area contributed by atoms with Gasteiger partial charge in [0.05, 0.1) is 18.9 Å². The second kappa shape index (κ2) is 5.24. The van der Waals surface area contributed by atoms with Crippen molar-refractivity contribution in [1.82, 2.24) is 0 Å². The maximum atomic E-state index is 12.5. The summed E-state index contributed by atoms with van der Waals surface area (Å²) < 4.78 is 5.11. The van der Waals surface area contributed by atoms with Gasteiger partial charge >= 0.3 is 5.97 Å². The van der Waals surface area contributed by atoms with Gasteiger partial charge in [-0.1, -0.05) is 18.2 Å². The zero-order chi connectivity index (χ0) is 15.0. The number of benzene rings is 1. The Balaban J connectivity index is 1.78. The predicted octanol–water partition coefficient (Wildman–Crippen LogP) is 2.16. The Labute approximate surface area is 122 Å². The molecule has 0 aromatic heterocycles. The average Bonchev–Trinajstić information content (AvgIpc) is 3.07. The number of aliphatic carboxylic acids is 1. The third kappa shape index (κ3) is 2.39. The van der Waals surface area contributed by atoms with Crippen molar-refractivity contribution in [2.75, 3.05) is 12.4 Å². The van der Waals surface area contributed by atoms with E-state index in [1.807, 2.05) is 12.2 Å². The Bertz CT molecular complexity index is 610. The van der Waals surface area contributed by atoms with Crippen LogP contribution in [0.5, 0.6) is 5.75 Å². The molecule has 3 rings (SSSR count). The van der Waals surface area contributed by atoms with Crippen LogP contribution in [0, 0.1) is 23.7 Å². The van der Waals surface area contributed by atoms with Crippen LogP contribution < -0.4 is 10.1 Å². The van der Waals surface area contributed by atoms with Gasteiger partial charge in [-0.25, -0.2) is 0 Å². The second-order valence-corrected chi connectivity index (χ2v) is 5.56. The van der Waals surface area contributed by atoms with Gasteiger partial charge in [-0.15, -0.1) is 0 Å². The van der Waals surface area contributed by atoms with Crippen molar-refractivity contribution in [3.05, 3.63) is 36.4 Å². The summed E-state index contributed by atoms with van der Waals surface area (Å²) in [6.45, 7) is 0. The molecule has 1 saturated carbocycles. The van der Waals surface area contributed by atoms with E-state index >= 15 is 0 Å². The highest BCUT2D eigenvalue weighted by atomic mass is 16.5. The Morgan fingerprint density at radius 3 is 2.62 bits per heavy atom. The first-order chi connectivity index (χ1) is 10.1. The fourth-order valence-electron chi connectivity index (χ4n) is 3.44. The number of rotatable bonds is 4. The molecule has 2 N–H and O–H groups in total. The van der Waals surface area contributed by atoms with E-state index in [2.05, 4.69) is 5.32 Å². The lowest BCUT2D eigenvalue weighted by molar-refractivity contribution is -0.146. The third-order valence-corrected chi connectivity index (χ3v) is 4.38. The Morgan fingerprint density at radius 2 is 1.95 bits per heavy atom. The van der Waals surface area contributed by atoms with Crippen LogP contribution in [0.1, 0.15) is 6.42 Å². The summed E-state index contributed by atoms with van der Waals surface area (Å²) in [5.74, 6) is -1.58. The number of fused-ring (bicyclic) bond motifs is 2.